The fourth-order valence-electron chi connectivity index (χ4n) is 2.78. The molecule has 2 aromatic carbocycles. The molecule has 3 rings (SSSR count). The van der Waals surface area contributed by atoms with Gasteiger partial charge in [0, 0.05) is 11.4 Å². The Morgan fingerprint density at radius 3 is 2.73 bits per heavy atom. The van der Waals surface area contributed by atoms with Crippen LogP contribution in [-0.4, -0.2) is 16.2 Å². The van der Waals surface area contributed by atoms with Crippen molar-refractivity contribution in [1.29, 1.82) is 0 Å². The first-order chi connectivity index (χ1) is 12.5. The maximum Gasteiger partial charge on any atom is 0.280 e. The first kappa shape index (κ1) is 18.7. The summed E-state index contributed by atoms with van der Waals surface area (Å²) in [6.45, 7) is 10.8. The second kappa shape index (κ2) is 8.06. The molecule has 0 atom stereocenters. The van der Waals surface area contributed by atoms with Crippen molar-refractivity contribution in [3.63, 3.8) is 0 Å². The smallest absolute Gasteiger partial charge is 0.280 e. The average molecular weight is 383 g/mol. The molecule has 0 aliphatic carbocycles. The van der Waals surface area contributed by atoms with Crippen LogP contribution < -0.4 is 4.80 Å². The number of aromatic nitrogens is 1. The summed E-state index contributed by atoms with van der Waals surface area (Å²) in [5.74, 6) is 0.724. The van der Waals surface area contributed by atoms with Gasteiger partial charge in [0.05, 0.1) is 15.8 Å². The molecular formula is C21H22N2OS2. The summed E-state index contributed by atoms with van der Waals surface area (Å²) in [6.07, 6.45) is 1.84. The van der Waals surface area contributed by atoms with Crippen molar-refractivity contribution in [3.05, 3.63) is 70.5 Å². The van der Waals surface area contributed by atoms with Gasteiger partial charge < -0.3 is 4.57 Å². The summed E-state index contributed by atoms with van der Waals surface area (Å²) in [4.78, 5) is 19.0. The molecule has 0 N–H and O–H groups in total. The van der Waals surface area contributed by atoms with Crippen LogP contribution in [0.2, 0.25) is 0 Å². The lowest BCUT2D eigenvalue weighted by Crippen LogP contribution is -2.16. The molecule has 26 heavy (non-hydrogen) atoms. The van der Waals surface area contributed by atoms with E-state index in [1.54, 1.807) is 23.1 Å². The summed E-state index contributed by atoms with van der Waals surface area (Å²) < 4.78 is 3.20. The van der Waals surface area contributed by atoms with Gasteiger partial charge in [0.25, 0.3) is 5.91 Å². The van der Waals surface area contributed by atoms with E-state index < -0.39 is 0 Å². The van der Waals surface area contributed by atoms with Crippen molar-refractivity contribution in [2.75, 3.05) is 5.75 Å². The monoisotopic (exact) mass is 382 g/mol. The number of hydrogen-bond donors (Lipinski definition) is 0. The number of amides is 1. The van der Waals surface area contributed by atoms with Gasteiger partial charge in [-0.25, -0.2) is 0 Å². The molecule has 5 heteroatoms. The van der Waals surface area contributed by atoms with Crippen LogP contribution >= 0.6 is 23.1 Å². The topological polar surface area (TPSA) is 34.4 Å². The zero-order valence-electron chi connectivity index (χ0n) is 15.3. The zero-order valence-corrected chi connectivity index (χ0v) is 16.9. The Morgan fingerprint density at radius 1 is 1.27 bits per heavy atom. The third-order valence-electron chi connectivity index (χ3n) is 4.22. The van der Waals surface area contributed by atoms with Crippen LogP contribution in [0.15, 0.2) is 58.9 Å². The van der Waals surface area contributed by atoms with E-state index in [1.165, 1.54) is 11.1 Å². The predicted octanol–water partition coefficient (Wildman–Crippen LogP) is 5.36. The number of carbonyl (C=O) groups excluding carboxylic acids is 1. The molecule has 0 fully saturated rings. The van der Waals surface area contributed by atoms with Gasteiger partial charge in [-0.05, 0) is 55.0 Å². The minimum absolute atomic E-state index is 0.195. The number of fused-ring (bicyclic) bond motifs is 1. The summed E-state index contributed by atoms with van der Waals surface area (Å²) in [5, 5.41) is 0. The van der Waals surface area contributed by atoms with E-state index in [0.29, 0.717) is 16.9 Å². The van der Waals surface area contributed by atoms with Gasteiger partial charge in [-0.1, -0.05) is 36.5 Å². The number of benzene rings is 2. The number of carbonyl (C=O) groups is 1. The fraction of sp³-hybridized carbons (Fsp3) is 0.238. The minimum Gasteiger partial charge on any atom is -0.312 e. The normalized spacial score (nSPS) is 11.9. The van der Waals surface area contributed by atoms with Gasteiger partial charge in [0.2, 0.25) is 0 Å². The van der Waals surface area contributed by atoms with Crippen LogP contribution in [0.4, 0.5) is 0 Å². The molecule has 0 aliphatic heterocycles. The van der Waals surface area contributed by atoms with E-state index in [0.717, 1.165) is 20.9 Å². The lowest BCUT2D eigenvalue weighted by Gasteiger charge is -2.05. The Morgan fingerprint density at radius 2 is 2.00 bits per heavy atom. The molecule has 134 valence electrons. The van der Waals surface area contributed by atoms with E-state index in [1.807, 2.05) is 30.3 Å². The average Bonchev–Trinajstić information content (AvgIpc) is 2.93. The third-order valence-corrected chi connectivity index (χ3v) is 6.22. The van der Waals surface area contributed by atoms with Crippen molar-refractivity contribution in [1.82, 2.24) is 4.57 Å². The lowest BCUT2D eigenvalue weighted by atomic mass is 10.1. The molecule has 0 saturated carbocycles. The Balaban J connectivity index is 2.16. The molecule has 3 aromatic rings. The highest BCUT2D eigenvalue weighted by atomic mass is 32.2. The maximum absolute atomic E-state index is 12.9. The molecule has 0 unspecified atom stereocenters. The Hall–Kier alpha value is -2.11. The summed E-state index contributed by atoms with van der Waals surface area (Å²) in [6, 6.07) is 12.0. The van der Waals surface area contributed by atoms with Gasteiger partial charge in [-0.3, -0.25) is 4.79 Å². The number of allylic oxidation sites excluding steroid dienone is 1. The SMILES string of the molecule is C=CCn1c(=NC(=O)c2ccccc2SCC)sc2cc(C)c(C)cc21. The largest absolute Gasteiger partial charge is 0.312 e. The van der Waals surface area contributed by atoms with Gasteiger partial charge in [-0.15, -0.1) is 18.3 Å². The van der Waals surface area contributed by atoms with E-state index >= 15 is 0 Å². The van der Waals surface area contributed by atoms with Crippen molar-refractivity contribution in [2.24, 2.45) is 4.99 Å². The Bertz CT molecular complexity index is 1040. The molecule has 0 spiro atoms. The van der Waals surface area contributed by atoms with Crippen LogP contribution in [0.1, 0.15) is 28.4 Å². The number of aryl methyl sites for hydroxylation is 2. The molecule has 1 aromatic heterocycles. The maximum atomic E-state index is 12.9. The summed E-state index contributed by atoms with van der Waals surface area (Å²) in [7, 11) is 0. The standard InChI is InChI=1S/C21H22N2OS2/c1-5-11-23-17-12-14(3)15(4)13-19(17)26-21(23)22-20(24)16-9-7-8-10-18(16)25-6-2/h5,7-10,12-13H,1,6,11H2,2-4H3. The number of hydrogen-bond acceptors (Lipinski definition) is 3. The molecule has 0 aliphatic rings. The second-order valence-electron chi connectivity index (χ2n) is 6.03. The lowest BCUT2D eigenvalue weighted by molar-refractivity contribution is 0.0995. The van der Waals surface area contributed by atoms with Gasteiger partial charge >= 0.3 is 0 Å². The van der Waals surface area contributed by atoms with Crippen molar-refractivity contribution >= 4 is 39.2 Å². The van der Waals surface area contributed by atoms with Crippen LogP contribution in [-0.2, 0) is 6.54 Å². The van der Waals surface area contributed by atoms with Crippen molar-refractivity contribution < 1.29 is 4.79 Å². The zero-order chi connectivity index (χ0) is 18.7. The highest BCUT2D eigenvalue weighted by Crippen LogP contribution is 2.24. The summed E-state index contributed by atoms with van der Waals surface area (Å²) in [5.41, 5.74) is 4.23. The van der Waals surface area contributed by atoms with E-state index in [9.17, 15) is 4.79 Å². The van der Waals surface area contributed by atoms with E-state index in [-0.39, 0.29) is 5.91 Å². The Kier molecular flexibility index (Phi) is 5.79. The molecule has 1 heterocycles. The number of nitrogens with zero attached hydrogens (tertiary/aromatic N) is 2. The second-order valence-corrected chi connectivity index (χ2v) is 8.35. The summed E-state index contributed by atoms with van der Waals surface area (Å²) >= 11 is 3.21. The van der Waals surface area contributed by atoms with Crippen LogP contribution in [0.3, 0.4) is 0 Å². The number of rotatable bonds is 5. The molecule has 0 radical (unpaired) electrons. The van der Waals surface area contributed by atoms with Crippen molar-refractivity contribution in [3.8, 4) is 0 Å². The van der Waals surface area contributed by atoms with Crippen LogP contribution in [0.5, 0.6) is 0 Å². The van der Waals surface area contributed by atoms with Gasteiger partial charge in [0.15, 0.2) is 4.80 Å². The number of thiazole rings is 1. The fourth-order valence-corrected chi connectivity index (χ4v) is 4.70. The van der Waals surface area contributed by atoms with Gasteiger partial charge in [0.1, 0.15) is 0 Å². The van der Waals surface area contributed by atoms with Crippen molar-refractivity contribution in [2.45, 2.75) is 32.2 Å². The number of thioether (sulfide) groups is 1. The van der Waals surface area contributed by atoms with Gasteiger partial charge in [-0.2, -0.15) is 4.99 Å². The molecule has 0 bridgehead atoms. The first-order valence-electron chi connectivity index (χ1n) is 8.57. The quantitative estimate of drug-likeness (QED) is 0.440. The van der Waals surface area contributed by atoms with E-state index in [2.05, 4.69) is 49.0 Å². The minimum atomic E-state index is -0.195. The predicted molar refractivity (Wildman–Crippen MR) is 112 cm³/mol. The van der Waals surface area contributed by atoms with E-state index in [4.69, 9.17) is 0 Å². The van der Waals surface area contributed by atoms with Crippen LogP contribution in [0, 0.1) is 13.8 Å². The highest BCUT2D eigenvalue weighted by molar-refractivity contribution is 7.99. The Labute approximate surface area is 162 Å². The molecular weight excluding hydrogens is 360 g/mol. The third kappa shape index (κ3) is 3.69. The highest BCUT2D eigenvalue weighted by Gasteiger charge is 2.12. The first-order valence-corrected chi connectivity index (χ1v) is 10.4. The van der Waals surface area contributed by atoms with Crippen LogP contribution in [0.25, 0.3) is 10.2 Å². The molecule has 0 saturated heterocycles. The molecule has 3 nitrogen and oxygen atoms in total. The molecule has 1 amide bonds.